The van der Waals surface area contributed by atoms with E-state index in [1.807, 2.05) is 17.8 Å². The summed E-state index contributed by atoms with van der Waals surface area (Å²) in [5.41, 5.74) is 1.18. The highest BCUT2D eigenvalue weighted by Crippen LogP contribution is 2.48. The molecule has 0 aromatic heterocycles. The number of hydrogen-bond donors (Lipinski definition) is 2. The lowest BCUT2D eigenvalue weighted by Gasteiger charge is -2.37. The zero-order valence-corrected chi connectivity index (χ0v) is 26.2. The molecule has 8 heteroatoms. The van der Waals surface area contributed by atoms with Crippen LogP contribution in [0.3, 0.4) is 0 Å². The number of para-hydroxylation sites is 1. The van der Waals surface area contributed by atoms with Gasteiger partial charge in [0.25, 0.3) is 0 Å². The van der Waals surface area contributed by atoms with Crippen molar-refractivity contribution >= 4 is 40.3 Å². The van der Waals surface area contributed by atoms with Crippen LogP contribution >= 0.6 is 11.8 Å². The van der Waals surface area contributed by atoms with E-state index in [1.54, 1.807) is 66.9 Å². The molecule has 1 fully saturated rings. The van der Waals surface area contributed by atoms with E-state index in [9.17, 15) is 19.6 Å². The topological polar surface area (TPSA) is 87.1 Å². The van der Waals surface area contributed by atoms with Gasteiger partial charge in [-0.15, -0.1) is 0 Å². The summed E-state index contributed by atoms with van der Waals surface area (Å²) >= 11 is 0.860. The van der Waals surface area contributed by atoms with Crippen LogP contribution in [-0.2, 0) is 21.6 Å². The molecule has 6 nitrogen and oxygen atoms in total. The van der Waals surface area contributed by atoms with Crippen molar-refractivity contribution in [2.24, 2.45) is 0 Å². The van der Waals surface area contributed by atoms with Gasteiger partial charge in [0.2, 0.25) is 5.60 Å². The second kappa shape index (κ2) is 14.0. The summed E-state index contributed by atoms with van der Waals surface area (Å²) in [5, 5.41) is 19.7. The fourth-order valence-corrected chi connectivity index (χ4v) is 7.40. The van der Waals surface area contributed by atoms with Crippen molar-refractivity contribution in [1.29, 1.82) is 0 Å². The lowest BCUT2D eigenvalue weighted by Crippen LogP contribution is -2.38. The van der Waals surface area contributed by atoms with Gasteiger partial charge in [-0.2, -0.15) is 0 Å². The minimum Gasteiger partial charge on any atom is -0.612 e. The van der Waals surface area contributed by atoms with Gasteiger partial charge >= 0.3 is 5.97 Å². The van der Waals surface area contributed by atoms with E-state index in [-0.39, 0.29) is 0 Å². The third-order valence-corrected chi connectivity index (χ3v) is 10.3. The van der Waals surface area contributed by atoms with Crippen molar-refractivity contribution in [2.45, 2.75) is 52.0 Å². The van der Waals surface area contributed by atoms with Crippen LogP contribution in [0, 0.1) is 0 Å². The van der Waals surface area contributed by atoms with Crippen LogP contribution < -0.4 is 4.90 Å². The summed E-state index contributed by atoms with van der Waals surface area (Å²) in [6.07, 6.45) is 6.88. The summed E-state index contributed by atoms with van der Waals surface area (Å²) in [5.74, 6) is -1.28. The Morgan fingerprint density at radius 1 is 0.907 bits per heavy atom. The number of anilines is 2. The Morgan fingerprint density at radius 2 is 1.51 bits per heavy atom. The molecule has 6 rings (SSSR count). The SMILES string of the molecule is CN1CCCCC1CCN1c2ccccc2Sc2ccc([S+](C)[O-])cc21.O=C(O)C(O)(c1ccccc1)c1ccccc1. The first kappa shape index (κ1) is 31.2. The highest BCUT2D eigenvalue weighted by molar-refractivity contribution is 7.99. The fourth-order valence-electron chi connectivity index (χ4n) is 5.79. The first-order valence-corrected chi connectivity index (χ1v) is 17.0. The molecule has 2 N–H and O–H groups in total. The number of carboxylic acid groups (broad SMARTS) is 1. The zero-order chi connectivity index (χ0) is 30.4. The van der Waals surface area contributed by atoms with E-state index >= 15 is 0 Å². The van der Waals surface area contributed by atoms with Crippen molar-refractivity contribution < 1.29 is 19.6 Å². The van der Waals surface area contributed by atoms with Crippen LogP contribution in [0.1, 0.15) is 36.8 Å². The molecule has 0 spiro atoms. The standard InChI is InChI=1S/C21H26N2OS2.C14H12O3/c1-22-13-6-5-7-16(22)12-14-23-18-8-3-4-9-20(18)25-21-11-10-17(26(2)24)15-19(21)23;15-13(16)14(17,11-7-3-1-4-8-11)12-9-5-2-6-10-12/h3-4,8-11,15-16H,5-7,12-14H2,1-2H3;1-10,17H,(H,15,16). The molecule has 2 aliphatic heterocycles. The number of likely N-dealkylation sites (tertiary alicyclic amines) is 1. The van der Waals surface area contributed by atoms with E-state index in [1.165, 1.54) is 47.0 Å². The molecule has 2 heterocycles. The third-order valence-electron chi connectivity index (χ3n) is 8.23. The average Bonchev–Trinajstić information content (AvgIpc) is 3.04. The normalized spacial score (nSPS) is 17.2. The van der Waals surface area contributed by atoms with Gasteiger partial charge in [-0.1, -0.05) is 91.0 Å². The van der Waals surface area contributed by atoms with E-state index < -0.39 is 22.7 Å². The van der Waals surface area contributed by atoms with Gasteiger partial charge in [0.05, 0.1) is 11.4 Å². The molecule has 224 valence electrons. The van der Waals surface area contributed by atoms with Crippen LogP contribution in [0.2, 0.25) is 0 Å². The smallest absolute Gasteiger partial charge is 0.345 e. The number of carbonyl (C=O) groups is 1. The summed E-state index contributed by atoms with van der Waals surface area (Å²) in [6, 6.07) is 32.3. The number of piperidine rings is 1. The Morgan fingerprint density at radius 3 is 2.12 bits per heavy atom. The van der Waals surface area contributed by atoms with E-state index in [0.717, 1.165) is 17.9 Å². The van der Waals surface area contributed by atoms with Gasteiger partial charge in [0.1, 0.15) is 6.26 Å². The Bertz CT molecular complexity index is 1480. The molecule has 2 atom stereocenters. The van der Waals surface area contributed by atoms with Crippen molar-refractivity contribution in [3.8, 4) is 0 Å². The number of hydrogen-bond acceptors (Lipinski definition) is 6. The maximum atomic E-state index is 12.0. The van der Waals surface area contributed by atoms with Crippen molar-refractivity contribution in [3.63, 3.8) is 0 Å². The molecule has 0 saturated carbocycles. The highest BCUT2D eigenvalue weighted by atomic mass is 32.2. The molecule has 0 aliphatic carbocycles. The van der Waals surface area contributed by atoms with E-state index in [2.05, 4.69) is 53.2 Å². The Hall–Kier alpha value is -3.27. The van der Waals surface area contributed by atoms with Crippen LogP contribution in [0.4, 0.5) is 11.4 Å². The Labute approximate surface area is 261 Å². The van der Waals surface area contributed by atoms with Gasteiger partial charge in [-0.3, -0.25) is 0 Å². The minimum absolute atomic E-state index is 0.346. The number of aliphatic carboxylic acids is 1. The molecule has 43 heavy (non-hydrogen) atoms. The number of benzene rings is 4. The molecule has 2 unspecified atom stereocenters. The van der Waals surface area contributed by atoms with Crippen molar-refractivity contribution in [3.05, 3.63) is 114 Å². The molecule has 0 radical (unpaired) electrons. The number of aliphatic hydroxyl groups is 1. The van der Waals surface area contributed by atoms with Crippen LogP contribution in [0.25, 0.3) is 0 Å². The summed E-state index contributed by atoms with van der Waals surface area (Å²) < 4.78 is 12.0. The Balaban J connectivity index is 0.000000188. The molecule has 1 saturated heterocycles. The molecular weight excluding hydrogens is 577 g/mol. The van der Waals surface area contributed by atoms with Gasteiger partial charge in [0, 0.05) is 28.4 Å². The predicted molar refractivity (Wildman–Crippen MR) is 175 cm³/mol. The molecule has 2 aliphatic rings. The average molecular weight is 615 g/mol. The quantitative estimate of drug-likeness (QED) is 0.219. The second-order valence-electron chi connectivity index (χ2n) is 11.0. The largest absolute Gasteiger partial charge is 0.612 e. The second-order valence-corrected chi connectivity index (χ2v) is 13.4. The summed E-state index contributed by atoms with van der Waals surface area (Å²) in [7, 11) is 2.26. The van der Waals surface area contributed by atoms with Gasteiger partial charge in [-0.25, -0.2) is 4.79 Å². The lowest BCUT2D eigenvalue weighted by molar-refractivity contribution is -0.155. The van der Waals surface area contributed by atoms with Gasteiger partial charge in [-0.05, 0) is 79.4 Å². The van der Waals surface area contributed by atoms with Crippen LogP contribution in [0.5, 0.6) is 0 Å². The maximum Gasteiger partial charge on any atom is 0.345 e. The van der Waals surface area contributed by atoms with Crippen molar-refractivity contribution in [1.82, 2.24) is 4.90 Å². The fraction of sp³-hybridized carbons (Fsp3) is 0.286. The molecule has 4 aromatic carbocycles. The molecule has 4 aromatic rings. The maximum absolute atomic E-state index is 12.0. The van der Waals surface area contributed by atoms with E-state index in [0.29, 0.717) is 17.2 Å². The Kier molecular flexibility index (Phi) is 10.2. The lowest BCUT2D eigenvalue weighted by atomic mass is 9.86. The van der Waals surface area contributed by atoms with Gasteiger partial charge < -0.3 is 24.6 Å². The zero-order valence-electron chi connectivity index (χ0n) is 24.6. The van der Waals surface area contributed by atoms with Crippen LogP contribution in [-0.4, -0.2) is 58.1 Å². The van der Waals surface area contributed by atoms with Crippen LogP contribution in [0.15, 0.2) is 118 Å². The number of fused-ring (bicyclic) bond motifs is 2. The van der Waals surface area contributed by atoms with Crippen molar-refractivity contribution in [2.75, 3.05) is 31.3 Å². The minimum atomic E-state index is -2.00. The molecular formula is C35H38N2O4S2. The predicted octanol–water partition coefficient (Wildman–Crippen LogP) is 6.91. The number of nitrogens with zero attached hydrogens (tertiary/aromatic N) is 2. The monoisotopic (exact) mass is 614 g/mol. The summed E-state index contributed by atoms with van der Waals surface area (Å²) in [6.45, 7) is 2.21. The van der Waals surface area contributed by atoms with E-state index in [4.69, 9.17) is 0 Å². The number of rotatable bonds is 7. The molecule has 0 bridgehead atoms. The first-order valence-electron chi connectivity index (χ1n) is 14.6. The third kappa shape index (κ3) is 6.95. The highest BCUT2D eigenvalue weighted by Gasteiger charge is 2.39. The van der Waals surface area contributed by atoms with Gasteiger partial charge in [0.15, 0.2) is 4.90 Å². The number of carboxylic acids is 1. The first-order chi connectivity index (χ1) is 20.8. The summed E-state index contributed by atoms with van der Waals surface area (Å²) in [4.78, 5) is 19.8. The molecule has 0 amide bonds.